The van der Waals surface area contributed by atoms with E-state index < -0.39 is 17.1 Å². The van der Waals surface area contributed by atoms with Gasteiger partial charge in [-0.2, -0.15) is 0 Å². The third kappa shape index (κ3) is 3.38. The fourth-order valence-electron chi connectivity index (χ4n) is 2.87. The second kappa shape index (κ2) is 7.63. The van der Waals surface area contributed by atoms with Crippen LogP contribution in [0.1, 0.15) is 6.92 Å². The minimum Gasteiger partial charge on any atom is -0.507 e. The molecule has 3 aromatic rings. The number of hydrogen-bond donors (Lipinski definition) is 2. The summed E-state index contributed by atoms with van der Waals surface area (Å²) in [6, 6.07) is 5.41. The van der Waals surface area contributed by atoms with Crippen LogP contribution in [-0.4, -0.2) is 37.5 Å². The third-order valence-corrected chi connectivity index (χ3v) is 4.14. The van der Waals surface area contributed by atoms with E-state index in [1.54, 1.807) is 0 Å². The van der Waals surface area contributed by atoms with Crippen LogP contribution in [0, 0.1) is 0 Å². The molecular formula is C20H18O9. The summed E-state index contributed by atoms with van der Waals surface area (Å²) in [6.45, 7) is 1.17. The van der Waals surface area contributed by atoms with Crippen molar-refractivity contribution in [3.8, 4) is 45.8 Å². The highest BCUT2D eigenvalue weighted by molar-refractivity contribution is 5.94. The smallest absolute Gasteiger partial charge is 0.308 e. The molecule has 0 saturated carbocycles. The predicted molar refractivity (Wildman–Crippen MR) is 102 cm³/mol. The SMILES string of the molecule is COc1cc(-c2oc3c(OC(C)=O)c(OC)cc(O)c3c(=O)c2OC)ccc1O. The van der Waals surface area contributed by atoms with Gasteiger partial charge in [0.1, 0.15) is 11.1 Å². The average Bonchev–Trinajstić information content (AvgIpc) is 2.69. The number of carbonyl (C=O) groups is 1. The van der Waals surface area contributed by atoms with E-state index in [9.17, 15) is 19.8 Å². The van der Waals surface area contributed by atoms with Crippen LogP contribution in [0.3, 0.4) is 0 Å². The second-order valence-electron chi connectivity index (χ2n) is 5.91. The van der Waals surface area contributed by atoms with Crippen LogP contribution in [-0.2, 0) is 4.79 Å². The third-order valence-electron chi connectivity index (χ3n) is 4.14. The van der Waals surface area contributed by atoms with E-state index in [2.05, 4.69) is 0 Å². The summed E-state index contributed by atoms with van der Waals surface area (Å²) >= 11 is 0. The molecule has 0 aliphatic rings. The molecule has 29 heavy (non-hydrogen) atoms. The molecule has 0 radical (unpaired) electrons. The largest absolute Gasteiger partial charge is 0.507 e. The van der Waals surface area contributed by atoms with E-state index >= 15 is 0 Å². The quantitative estimate of drug-likeness (QED) is 0.489. The number of rotatable bonds is 5. The van der Waals surface area contributed by atoms with E-state index in [0.29, 0.717) is 5.56 Å². The zero-order chi connectivity index (χ0) is 21.3. The molecule has 0 fully saturated rings. The van der Waals surface area contributed by atoms with Gasteiger partial charge in [0.15, 0.2) is 28.6 Å². The van der Waals surface area contributed by atoms with Gasteiger partial charge in [-0.1, -0.05) is 0 Å². The molecule has 0 aliphatic heterocycles. The van der Waals surface area contributed by atoms with E-state index in [-0.39, 0.29) is 45.5 Å². The van der Waals surface area contributed by atoms with Gasteiger partial charge < -0.3 is 33.6 Å². The first-order valence-electron chi connectivity index (χ1n) is 8.32. The molecule has 0 atom stereocenters. The van der Waals surface area contributed by atoms with Crippen LogP contribution in [0.4, 0.5) is 0 Å². The minimum absolute atomic E-state index is 0.00671. The molecule has 2 N–H and O–H groups in total. The number of carbonyl (C=O) groups excluding carboxylic acids is 1. The summed E-state index contributed by atoms with van der Waals surface area (Å²) in [7, 11) is 3.95. The number of fused-ring (bicyclic) bond motifs is 1. The van der Waals surface area contributed by atoms with Gasteiger partial charge in [0.2, 0.25) is 16.9 Å². The van der Waals surface area contributed by atoms with Gasteiger partial charge in [-0.15, -0.1) is 0 Å². The normalized spacial score (nSPS) is 10.6. The van der Waals surface area contributed by atoms with E-state index in [1.165, 1.54) is 46.5 Å². The maximum Gasteiger partial charge on any atom is 0.308 e. The zero-order valence-electron chi connectivity index (χ0n) is 16.1. The fraction of sp³-hybridized carbons (Fsp3) is 0.200. The number of aromatic hydroxyl groups is 2. The Hall–Kier alpha value is -3.88. The van der Waals surface area contributed by atoms with Crippen LogP contribution in [0.2, 0.25) is 0 Å². The molecule has 0 bridgehead atoms. The molecule has 3 rings (SSSR count). The summed E-state index contributed by atoms with van der Waals surface area (Å²) in [5.74, 6) is -1.48. The monoisotopic (exact) mass is 402 g/mol. The lowest BCUT2D eigenvalue weighted by molar-refractivity contribution is -0.131. The molecule has 9 nitrogen and oxygen atoms in total. The maximum atomic E-state index is 13.0. The Morgan fingerprint density at radius 1 is 0.931 bits per heavy atom. The molecule has 152 valence electrons. The van der Waals surface area contributed by atoms with Gasteiger partial charge in [0.05, 0.1) is 21.3 Å². The number of phenols is 2. The van der Waals surface area contributed by atoms with Gasteiger partial charge in [0.25, 0.3) is 0 Å². The lowest BCUT2D eigenvalue weighted by Gasteiger charge is -2.15. The highest BCUT2D eigenvalue weighted by Gasteiger charge is 2.26. The lowest BCUT2D eigenvalue weighted by Crippen LogP contribution is -2.10. The lowest BCUT2D eigenvalue weighted by atomic mass is 10.1. The van der Waals surface area contributed by atoms with Crippen molar-refractivity contribution in [1.29, 1.82) is 0 Å². The van der Waals surface area contributed by atoms with Gasteiger partial charge >= 0.3 is 5.97 Å². The van der Waals surface area contributed by atoms with Gasteiger partial charge in [0, 0.05) is 18.6 Å². The Labute approximate surface area is 164 Å². The number of phenolic OH excluding ortho intramolecular Hbond substituents is 2. The van der Waals surface area contributed by atoms with Gasteiger partial charge in [-0.3, -0.25) is 9.59 Å². The van der Waals surface area contributed by atoms with E-state index in [0.717, 1.165) is 6.07 Å². The van der Waals surface area contributed by atoms with Crippen molar-refractivity contribution in [1.82, 2.24) is 0 Å². The van der Waals surface area contributed by atoms with Crippen LogP contribution < -0.4 is 24.4 Å². The van der Waals surface area contributed by atoms with Crippen LogP contribution in [0.5, 0.6) is 34.5 Å². The molecule has 0 saturated heterocycles. The molecule has 2 aromatic carbocycles. The minimum atomic E-state index is -0.690. The van der Waals surface area contributed by atoms with Gasteiger partial charge in [-0.25, -0.2) is 0 Å². The predicted octanol–water partition coefficient (Wildman–Crippen LogP) is 2.82. The van der Waals surface area contributed by atoms with Crippen molar-refractivity contribution in [2.45, 2.75) is 6.92 Å². The molecule has 0 spiro atoms. The highest BCUT2D eigenvalue weighted by Crippen LogP contribution is 2.44. The zero-order valence-corrected chi connectivity index (χ0v) is 16.1. The number of hydrogen-bond acceptors (Lipinski definition) is 9. The summed E-state index contributed by atoms with van der Waals surface area (Å²) in [4.78, 5) is 24.6. The van der Waals surface area contributed by atoms with Crippen molar-refractivity contribution in [2.24, 2.45) is 0 Å². The fourth-order valence-corrected chi connectivity index (χ4v) is 2.87. The van der Waals surface area contributed by atoms with Crippen molar-refractivity contribution in [2.75, 3.05) is 21.3 Å². The van der Waals surface area contributed by atoms with Crippen molar-refractivity contribution >= 4 is 16.9 Å². The Morgan fingerprint density at radius 3 is 2.21 bits per heavy atom. The summed E-state index contributed by atoms with van der Waals surface area (Å²) in [6.07, 6.45) is 0. The molecule has 1 aromatic heterocycles. The number of methoxy groups -OCH3 is 3. The summed E-state index contributed by atoms with van der Waals surface area (Å²) < 4.78 is 26.5. The molecule has 1 heterocycles. The van der Waals surface area contributed by atoms with E-state index in [4.69, 9.17) is 23.4 Å². The highest BCUT2D eigenvalue weighted by atomic mass is 16.6. The summed E-state index contributed by atoms with van der Waals surface area (Å²) in [5, 5.41) is 19.9. The average molecular weight is 402 g/mol. The van der Waals surface area contributed by atoms with E-state index in [1.807, 2.05) is 0 Å². The Balaban J connectivity index is 2.45. The first-order chi connectivity index (χ1) is 13.8. The van der Waals surface area contributed by atoms with Crippen molar-refractivity contribution < 1.29 is 38.4 Å². The van der Waals surface area contributed by atoms with Crippen LogP contribution in [0.15, 0.2) is 33.5 Å². The maximum absolute atomic E-state index is 13.0. The van der Waals surface area contributed by atoms with Crippen LogP contribution >= 0.6 is 0 Å². The van der Waals surface area contributed by atoms with Crippen LogP contribution in [0.25, 0.3) is 22.3 Å². The number of benzene rings is 2. The molecule has 0 aliphatic carbocycles. The molecular weight excluding hydrogens is 384 g/mol. The Bertz CT molecular complexity index is 1160. The Kier molecular flexibility index (Phi) is 5.22. The topological polar surface area (TPSA) is 125 Å². The van der Waals surface area contributed by atoms with Crippen molar-refractivity contribution in [3.05, 3.63) is 34.5 Å². The Morgan fingerprint density at radius 2 is 1.62 bits per heavy atom. The number of esters is 1. The first kappa shape index (κ1) is 19.9. The molecule has 0 unspecified atom stereocenters. The van der Waals surface area contributed by atoms with Gasteiger partial charge in [-0.05, 0) is 18.2 Å². The molecule has 9 heteroatoms. The first-order valence-corrected chi connectivity index (χ1v) is 8.32. The number of ether oxygens (including phenoxy) is 4. The standard InChI is InChI=1S/C20H18O9/c1-9(21)28-18-14(26-3)8-12(23)15-16(24)20(27-4)17(29-19(15)18)10-5-6-11(22)13(7-10)25-2/h5-8,22-23H,1-4H3. The second-order valence-corrected chi connectivity index (χ2v) is 5.91. The summed E-state index contributed by atoms with van der Waals surface area (Å²) in [5.41, 5.74) is -0.555. The molecule has 0 amide bonds. The van der Waals surface area contributed by atoms with Crippen molar-refractivity contribution in [3.63, 3.8) is 0 Å².